The first-order valence-electron chi connectivity index (χ1n) is 5.36. The Morgan fingerprint density at radius 1 is 1.39 bits per heavy atom. The highest BCUT2D eigenvalue weighted by Crippen LogP contribution is 2.31. The minimum atomic E-state index is -1.71. The SMILES string of the molecule is CNC(=O)C1(c2ccccc2F)C=CC=NC1=O. The van der Waals surface area contributed by atoms with Crippen LogP contribution in [0, 0.1) is 5.82 Å². The van der Waals surface area contributed by atoms with E-state index in [1.165, 1.54) is 43.6 Å². The van der Waals surface area contributed by atoms with Crippen molar-refractivity contribution in [1.29, 1.82) is 0 Å². The molecule has 2 rings (SSSR count). The number of nitrogens with one attached hydrogen (secondary N) is 1. The van der Waals surface area contributed by atoms with E-state index in [4.69, 9.17) is 0 Å². The van der Waals surface area contributed by atoms with Crippen LogP contribution in [0.25, 0.3) is 0 Å². The van der Waals surface area contributed by atoms with Gasteiger partial charge in [-0.1, -0.05) is 24.3 Å². The molecule has 0 saturated carbocycles. The maximum Gasteiger partial charge on any atom is 0.269 e. The molecule has 1 aliphatic rings. The van der Waals surface area contributed by atoms with Crippen molar-refractivity contribution in [2.24, 2.45) is 4.99 Å². The average molecular weight is 246 g/mol. The summed E-state index contributed by atoms with van der Waals surface area (Å²) in [5.41, 5.74) is -1.71. The van der Waals surface area contributed by atoms with Gasteiger partial charge in [0.2, 0.25) is 5.91 Å². The van der Waals surface area contributed by atoms with Gasteiger partial charge in [-0.05, 0) is 12.1 Å². The maximum absolute atomic E-state index is 13.9. The van der Waals surface area contributed by atoms with Gasteiger partial charge in [-0.15, -0.1) is 0 Å². The molecule has 0 aromatic heterocycles. The molecule has 0 spiro atoms. The maximum atomic E-state index is 13.9. The Kier molecular flexibility index (Phi) is 3.06. The third kappa shape index (κ3) is 1.64. The van der Waals surface area contributed by atoms with Crippen molar-refractivity contribution in [1.82, 2.24) is 5.32 Å². The molecule has 2 amide bonds. The zero-order chi connectivity index (χ0) is 13.2. The molecule has 18 heavy (non-hydrogen) atoms. The third-order valence-electron chi connectivity index (χ3n) is 2.85. The van der Waals surface area contributed by atoms with Crippen LogP contribution in [0.2, 0.25) is 0 Å². The number of amides is 2. The fourth-order valence-electron chi connectivity index (χ4n) is 1.95. The Balaban J connectivity index is 2.68. The second kappa shape index (κ2) is 4.52. The van der Waals surface area contributed by atoms with Crippen molar-refractivity contribution in [2.75, 3.05) is 7.05 Å². The predicted molar refractivity (Wildman–Crippen MR) is 64.8 cm³/mol. The number of hydrogen-bond acceptors (Lipinski definition) is 2. The van der Waals surface area contributed by atoms with Crippen LogP contribution in [0.5, 0.6) is 0 Å². The highest BCUT2D eigenvalue weighted by atomic mass is 19.1. The molecule has 1 heterocycles. The molecule has 0 aliphatic carbocycles. The number of carbonyl (C=O) groups excluding carboxylic acids is 2. The first kappa shape index (κ1) is 12.2. The van der Waals surface area contributed by atoms with Gasteiger partial charge in [0.05, 0.1) is 0 Å². The Labute approximate surface area is 103 Å². The van der Waals surface area contributed by atoms with E-state index in [0.29, 0.717) is 0 Å². The first-order chi connectivity index (χ1) is 8.63. The number of rotatable bonds is 2. The van der Waals surface area contributed by atoms with Crippen molar-refractivity contribution < 1.29 is 14.0 Å². The van der Waals surface area contributed by atoms with Crippen LogP contribution in [0.4, 0.5) is 4.39 Å². The number of aliphatic imine (C=N–C) groups is 1. The molecular weight excluding hydrogens is 235 g/mol. The second-order valence-electron chi connectivity index (χ2n) is 3.81. The van der Waals surface area contributed by atoms with Gasteiger partial charge in [0.1, 0.15) is 5.82 Å². The van der Waals surface area contributed by atoms with Crippen LogP contribution in [0.15, 0.2) is 41.4 Å². The molecule has 4 nitrogen and oxygen atoms in total. The van der Waals surface area contributed by atoms with Crippen molar-refractivity contribution in [3.63, 3.8) is 0 Å². The lowest BCUT2D eigenvalue weighted by atomic mass is 9.77. The fraction of sp³-hybridized carbons (Fsp3) is 0.154. The van der Waals surface area contributed by atoms with Crippen molar-refractivity contribution in [3.8, 4) is 0 Å². The van der Waals surface area contributed by atoms with Crippen LogP contribution < -0.4 is 5.32 Å². The monoisotopic (exact) mass is 246 g/mol. The second-order valence-corrected chi connectivity index (χ2v) is 3.81. The van der Waals surface area contributed by atoms with Gasteiger partial charge in [-0.25, -0.2) is 9.38 Å². The summed E-state index contributed by atoms with van der Waals surface area (Å²) in [6.07, 6.45) is 4.10. The van der Waals surface area contributed by atoms with Crippen molar-refractivity contribution in [2.45, 2.75) is 5.41 Å². The van der Waals surface area contributed by atoms with Gasteiger partial charge in [-0.3, -0.25) is 9.59 Å². The van der Waals surface area contributed by atoms with Gasteiger partial charge >= 0.3 is 0 Å². The Morgan fingerprint density at radius 3 is 2.72 bits per heavy atom. The van der Waals surface area contributed by atoms with Gasteiger partial charge in [0.15, 0.2) is 5.41 Å². The number of halogens is 1. The lowest BCUT2D eigenvalue weighted by Gasteiger charge is -2.27. The zero-order valence-electron chi connectivity index (χ0n) is 9.68. The molecule has 5 heteroatoms. The molecule has 1 unspecified atom stereocenters. The summed E-state index contributed by atoms with van der Waals surface area (Å²) in [7, 11) is 1.39. The van der Waals surface area contributed by atoms with E-state index in [2.05, 4.69) is 10.3 Å². The van der Waals surface area contributed by atoms with Gasteiger partial charge in [0.25, 0.3) is 5.91 Å². The molecule has 0 saturated heterocycles. The molecule has 1 aliphatic heterocycles. The average Bonchev–Trinajstić information content (AvgIpc) is 2.39. The molecule has 1 atom stereocenters. The van der Waals surface area contributed by atoms with Crippen LogP contribution >= 0.6 is 0 Å². The summed E-state index contributed by atoms with van der Waals surface area (Å²) in [5.74, 6) is -1.92. The van der Waals surface area contributed by atoms with E-state index < -0.39 is 23.0 Å². The van der Waals surface area contributed by atoms with E-state index in [1.54, 1.807) is 6.07 Å². The van der Waals surface area contributed by atoms with E-state index in [0.717, 1.165) is 0 Å². The predicted octanol–water partition coefficient (Wildman–Crippen LogP) is 0.977. The molecule has 92 valence electrons. The lowest BCUT2D eigenvalue weighted by Crippen LogP contribution is -2.48. The largest absolute Gasteiger partial charge is 0.358 e. The molecule has 1 aromatic rings. The number of hydrogen-bond donors (Lipinski definition) is 1. The van der Waals surface area contributed by atoms with E-state index in [-0.39, 0.29) is 5.56 Å². The topological polar surface area (TPSA) is 58.5 Å². The summed E-state index contributed by atoms with van der Waals surface area (Å²) in [6, 6.07) is 5.69. The van der Waals surface area contributed by atoms with E-state index >= 15 is 0 Å². The smallest absolute Gasteiger partial charge is 0.269 e. The lowest BCUT2D eigenvalue weighted by molar-refractivity contribution is -0.133. The molecule has 1 N–H and O–H groups in total. The minimum absolute atomic E-state index is 0.00227. The van der Waals surface area contributed by atoms with Gasteiger partial charge in [0, 0.05) is 18.8 Å². The van der Waals surface area contributed by atoms with Crippen molar-refractivity contribution >= 4 is 18.0 Å². The van der Waals surface area contributed by atoms with E-state index in [1.807, 2.05) is 0 Å². The Hall–Kier alpha value is -2.30. The fourth-order valence-corrected chi connectivity index (χ4v) is 1.95. The van der Waals surface area contributed by atoms with E-state index in [9.17, 15) is 14.0 Å². The van der Waals surface area contributed by atoms with Crippen LogP contribution in [-0.2, 0) is 15.0 Å². The van der Waals surface area contributed by atoms with Crippen LogP contribution in [-0.4, -0.2) is 25.1 Å². The normalized spacial score (nSPS) is 22.0. The van der Waals surface area contributed by atoms with Crippen LogP contribution in [0.1, 0.15) is 5.56 Å². The quantitative estimate of drug-likeness (QED) is 0.791. The molecular formula is C13H11FN2O2. The highest BCUT2D eigenvalue weighted by molar-refractivity contribution is 6.17. The number of dihydropyridines is 1. The molecule has 1 aromatic carbocycles. The van der Waals surface area contributed by atoms with Crippen LogP contribution in [0.3, 0.4) is 0 Å². The Bertz CT molecular complexity index is 566. The molecule has 0 bridgehead atoms. The number of carbonyl (C=O) groups is 2. The number of allylic oxidation sites excluding steroid dienone is 1. The summed E-state index contributed by atoms with van der Waals surface area (Å²) < 4.78 is 13.9. The standard InChI is InChI=1S/C13H11FN2O2/c1-15-11(17)13(7-4-8-16-12(13)18)9-5-2-3-6-10(9)14/h2-8H,1H3,(H,15,17). The first-order valence-corrected chi connectivity index (χ1v) is 5.36. The van der Waals surface area contributed by atoms with Gasteiger partial charge in [-0.2, -0.15) is 0 Å². The summed E-state index contributed by atoms with van der Waals surface area (Å²) >= 11 is 0. The minimum Gasteiger partial charge on any atom is -0.358 e. The number of nitrogens with zero attached hydrogens (tertiary/aromatic N) is 1. The van der Waals surface area contributed by atoms with Gasteiger partial charge < -0.3 is 5.32 Å². The molecule has 0 radical (unpaired) electrons. The molecule has 0 fully saturated rings. The summed E-state index contributed by atoms with van der Waals surface area (Å²) in [6.45, 7) is 0. The number of likely N-dealkylation sites (N-methyl/N-ethyl adjacent to an activating group) is 1. The third-order valence-corrected chi connectivity index (χ3v) is 2.85. The number of benzene rings is 1. The zero-order valence-corrected chi connectivity index (χ0v) is 9.68. The Morgan fingerprint density at radius 2 is 2.11 bits per heavy atom. The van der Waals surface area contributed by atoms with Crippen molar-refractivity contribution in [3.05, 3.63) is 47.8 Å². The summed E-state index contributed by atoms with van der Waals surface area (Å²) in [4.78, 5) is 27.6. The highest BCUT2D eigenvalue weighted by Gasteiger charge is 2.47. The summed E-state index contributed by atoms with van der Waals surface area (Å²) in [5, 5.41) is 2.38.